The summed E-state index contributed by atoms with van der Waals surface area (Å²) in [5.74, 6) is -0.275. The number of hydrogen-bond donors (Lipinski definition) is 0. The topological polar surface area (TPSA) is 21.7 Å². The van der Waals surface area contributed by atoms with Crippen LogP contribution in [0.1, 0.15) is 213 Å². The molecule has 0 radical (unpaired) electrons. The molecule has 0 amide bonds. The van der Waals surface area contributed by atoms with Crippen molar-refractivity contribution in [2.24, 2.45) is 5.41 Å². The van der Waals surface area contributed by atoms with Crippen molar-refractivity contribution in [2.75, 3.05) is 20.1 Å². The fraction of sp³-hybridized carbons (Fsp3) is 0.833. The van der Waals surface area contributed by atoms with Gasteiger partial charge in [-0.15, -0.1) is 0 Å². The molecule has 3 heteroatoms. The normalized spacial score (nSPS) is 25.9. The Morgan fingerprint density at radius 1 is 0.490 bits per heavy atom. The number of likely N-dealkylation sites (tertiary alicyclic amines) is 1. The van der Waals surface area contributed by atoms with Gasteiger partial charge >= 0.3 is 0 Å². The monoisotopic (exact) mass is 708 g/mol. The third-order valence-electron chi connectivity index (χ3n) is 12.3. The summed E-state index contributed by atoms with van der Waals surface area (Å²) in [5, 5.41) is 0. The number of allylic oxidation sites excluding steroid dienone is 8. The van der Waals surface area contributed by atoms with Crippen LogP contribution < -0.4 is 0 Å². The largest absolute Gasteiger partial charge is 0.344 e. The fourth-order valence-electron chi connectivity index (χ4n) is 8.88. The lowest BCUT2D eigenvalue weighted by molar-refractivity contribution is -0.208. The van der Waals surface area contributed by atoms with Crippen LogP contribution in [0.3, 0.4) is 0 Å². The van der Waals surface area contributed by atoms with Gasteiger partial charge in [0.1, 0.15) is 0 Å². The predicted octanol–water partition coefficient (Wildman–Crippen LogP) is 14.8. The van der Waals surface area contributed by atoms with E-state index in [-0.39, 0.29) is 11.9 Å². The lowest BCUT2D eigenvalue weighted by Gasteiger charge is -2.44. The molecule has 0 aromatic carbocycles. The van der Waals surface area contributed by atoms with Gasteiger partial charge in [-0.05, 0) is 109 Å². The number of likely N-dealkylation sites (N-methyl/N-ethyl adjacent to an activating group) is 1. The Kier molecular flexibility index (Phi) is 24.6. The van der Waals surface area contributed by atoms with Crippen molar-refractivity contribution in [3.8, 4) is 0 Å². The van der Waals surface area contributed by atoms with Gasteiger partial charge in [-0.1, -0.05) is 152 Å². The highest BCUT2D eigenvalue weighted by atomic mass is 16.8. The molecule has 3 rings (SSSR count). The maximum atomic E-state index is 6.75. The Bertz CT molecular complexity index is 891. The van der Waals surface area contributed by atoms with E-state index in [1.54, 1.807) is 0 Å². The first kappa shape index (κ1) is 44.2. The Morgan fingerprint density at radius 2 is 0.902 bits per heavy atom. The fourth-order valence-corrected chi connectivity index (χ4v) is 8.88. The van der Waals surface area contributed by atoms with Crippen molar-refractivity contribution in [3.05, 3.63) is 48.6 Å². The zero-order valence-electron chi connectivity index (χ0n) is 34.4. The third kappa shape index (κ3) is 19.7. The van der Waals surface area contributed by atoms with Crippen LogP contribution in [0.25, 0.3) is 0 Å². The first-order valence-electron chi connectivity index (χ1n) is 22.7. The Labute approximate surface area is 318 Å². The number of unbranched alkanes of at least 4 members (excludes halogenated alkanes) is 18. The zero-order chi connectivity index (χ0) is 36.1. The molecule has 2 atom stereocenters. The molecule has 1 saturated carbocycles. The van der Waals surface area contributed by atoms with Gasteiger partial charge in [-0.2, -0.15) is 0 Å². The Morgan fingerprint density at radius 3 is 1.37 bits per heavy atom. The number of nitrogens with zero attached hydrogens (tertiary/aromatic N) is 1. The second-order valence-corrected chi connectivity index (χ2v) is 16.9. The molecule has 51 heavy (non-hydrogen) atoms. The lowest BCUT2D eigenvalue weighted by Crippen LogP contribution is -2.43. The van der Waals surface area contributed by atoms with Crippen LogP contribution in [0.2, 0.25) is 0 Å². The second kappa shape index (κ2) is 28.3. The minimum absolute atomic E-state index is 0.275. The molecular formula is C48H85NO2. The van der Waals surface area contributed by atoms with Gasteiger partial charge in [0.05, 0.1) is 12.2 Å². The van der Waals surface area contributed by atoms with Crippen LogP contribution in [-0.2, 0) is 9.47 Å². The predicted molar refractivity (Wildman–Crippen MR) is 223 cm³/mol. The summed E-state index contributed by atoms with van der Waals surface area (Å²) in [5.41, 5.74) is 0.521. The number of rotatable bonds is 30. The molecule has 1 aliphatic carbocycles. The summed E-state index contributed by atoms with van der Waals surface area (Å²) in [6.45, 7) is 6.74. The van der Waals surface area contributed by atoms with E-state index < -0.39 is 0 Å². The summed E-state index contributed by atoms with van der Waals surface area (Å²) in [6, 6.07) is 0. The van der Waals surface area contributed by atoms with E-state index in [9.17, 15) is 0 Å². The van der Waals surface area contributed by atoms with Crippen LogP contribution >= 0.6 is 0 Å². The summed E-state index contributed by atoms with van der Waals surface area (Å²) in [7, 11) is 2.23. The van der Waals surface area contributed by atoms with Crippen LogP contribution in [0.5, 0.6) is 0 Å². The quantitative estimate of drug-likeness (QED) is 0.0548. The Hall–Kier alpha value is -1.16. The van der Waals surface area contributed by atoms with Crippen molar-refractivity contribution in [3.63, 3.8) is 0 Å². The van der Waals surface area contributed by atoms with Gasteiger partial charge < -0.3 is 14.4 Å². The van der Waals surface area contributed by atoms with E-state index in [1.165, 1.54) is 167 Å². The molecule has 3 aliphatic rings. The maximum Gasteiger partial charge on any atom is 0.169 e. The van der Waals surface area contributed by atoms with Crippen LogP contribution in [0.4, 0.5) is 0 Å². The van der Waals surface area contributed by atoms with Crippen molar-refractivity contribution < 1.29 is 9.47 Å². The molecule has 2 aliphatic heterocycles. The molecule has 1 spiro atoms. The second-order valence-electron chi connectivity index (χ2n) is 16.9. The molecule has 0 bridgehead atoms. The first-order valence-corrected chi connectivity index (χ1v) is 22.7. The minimum Gasteiger partial charge on any atom is -0.344 e. The van der Waals surface area contributed by atoms with Crippen molar-refractivity contribution in [1.82, 2.24) is 4.90 Å². The van der Waals surface area contributed by atoms with Gasteiger partial charge in [-0.25, -0.2) is 0 Å². The van der Waals surface area contributed by atoms with Crippen molar-refractivity contribution in [2.45, 2.75) is 231 Å². The highest BCUT2D eigenvalue weighted by molar-refractivity contribution is 4.97. The number of piperidine rings is 1. The van der Waals surface area contributed by atoms with Gasteiger partial charge in [0.15, 0.2) is 5.79 Å². The minimum atomic E-state index is -0.275. The van der Waals surface area contributed by atoms with E-state index in [2.05, 4.69) is 74.4 Å². The summed E-state index contributed by atoms with van der Waals surface area (Å²) in [6.07, 6.45) is 60.5. The van der Waals surface area contributed by atoms with Crippen LogP contribution in [0.15, 0.2) is 48.6 Å². The molecule has 0 N–H and O–H groups in total. The summed E-state index contributed by atoms with van der Waals surface area (Å²) in [4.78, 5) is 2.42. The lowest BCUT2D eigenvalue weighted by atomic mass is 9.66. The number of hydrogen-bond acceptors (Lipinski definition) is 3. The number of ether oxygens (including phenoxy) is 2. The zero-order valence-corrected chi connectivity index (χ0v) is 34.4. The van der Waals surface area contributed by atoms with Gasteiger partial charge in [0, 0.05) is 25.9 Å². The van der Waals surface area contributed by atoms with Crippen molar-refractivity contribution >= 4 is 0 Å². The van der Waals surface area contributed by atoms with E-state index in [4.69, 9.17) is 9.47 Å². The summed E-state index contributed by atoms with van der Waals surface area (Å²) < 4.78 is 13.5. The standard InChI is InChI=1S/C48H85NO2/c1-4-6-8-10-12-14-16-18-20-22-24-26-28-30-32-34-37-47(39-41-48(42-40-47)50-45-36-43-49(3)44-46(45)51-48)38-35-33-31-29-27-25-23-21-19-17-15-13-11-9-7-5-2/h12-15,18-21,45-46H,4-11,16-17,22-44H2,1-3H3. The average molecular weight is 708 g/mol. The highest BCUT2D eigenvalue weighted by Gasteiger charge is 2.52. The molecule has 0 aromatic rings. The summed E-state index contributed by atoms with van der Waals surface area (Å²) >= 11 is 0. The molecule has 3 nitrogen and oxygen atoms in total. The molecule has 2 heterocycles. The van der Waals surface area contributed by atoms with Crippen LogP contribution in [0, 0.1) is 5.41 Å². The van der Waals surface area contributed by atoms with Crippen molar-refractivity contribution in [1.29, 1.82) is 0 Å². The molecule has 2 unspecified atom stereocenters. The Balaban J connectivity index is 1.28. The molecule has 2 saturated heterocycles. The number of fused-ring (bicyclic) bond motifs is 1. The smallest absolute Gasteiger partial charge is 0.169 e. The van der Waals surface area contributed by atoms with Gasteiger partial charge in [0.25, 0.3) is 0 Å². The van der Waals surface area contributed by atoms with E-state index in [1.807, 2.05) is 0 Å². The molecule has 294 valence electrons. The van der Waals surface area contributed by atoms with E-state index in [0.717, 1.165) is 45.2 Å². The highest BCUT2D eigenvalue weighted by Crippen LogP contribution is 2.52. The molecule has 3 fully saturated rings. The van der Waals surface area contributed by atoms with E-state index in [0.29, 0.717) is 11.5 Å². The van der Waals surface area contributed by atoms with Gasteiger partial charge in [-0.3, -0.25) is 0 Å². The first-order chi connectivity index (χ1) is 25.1. The third-order valence-corrected chi connectivity index (χ3v) is 12.3. The van der Waals surface area contributed by atoms with E-state index >= 15 is 0 Å². The van der Waals surface area contributed by atoms with Gasteiger partial charge in [0.2, 0.25) is 0 Å². The maximum absolute atomic E-state index is 6.75. The molecule has 0 aromatic heterocycles. The van der Waals surface area contributed by atoms with Crippen LogP contribution in [-0.4, -0.2) is 43.0 Å². The molecular weight excluding hydrogens is 623 g/mol. The SMILES string of the molecule is CCCCCC=CCC=CCCCCCCCCC1(CCCCCCCCC=CCC=CCCCCC)CCC2(CC1)OC1CCN(C)CC1O2. The average Bonchev–Trinajstić information content (AvgIpc) is 3.49.